The van der Waals surface area contributed by atoms with Crippen molar-refractivity contribution < 1.29 is 53.6 Å². The second-order valence-corrected chi connectivity index (χ2v) is 64.3. The lowest BCUT2D eigenvalue weighted by Gasteiger charge is -2.02. The number of nitrogens with zero attached hydrogens (tertiary/aromatic N) is 2. The molecular formula is C26H90N2O11P18S5. The lowest BCUT2D eigenvalue weighted by atomic mass is 10.6. The highest BCUT2D eigenvalue weighted by atomic mass is 33.3. The molecular weight excluding hydrogens is 1230 g/mol. The third-order valence-corrected chi connectivity index (χ3v) is 30.5. The number of carboxylic acids is 1. The lowest BCUT2D eigenvalue weighted by Crippen LogP contribution is -2.17. The van der Waals surface area contributed by atoms with Crippen molar-refractivity contribution in [3.63, 3.8) is 0 Å². The van der Waals surface area contributed by atoms with Crippen molar-refractivity contribution in [2.45, 2.75) is 83.6 Å². The van der Waals surface area contributed by atoms with Crippen LogP contribution in [0.5, 0.6) is 0 Å². The summed E-state index contributed by atoms with van der Waals surface area (Å²) >= 11 is 8.89. The highest BCUT2D eigenvalue weighted by Gasteiger charge is 1.88. The molecule has 0 saturated heterocycles. The van der Waals surface area contributed by atoms with Gasteiger partial charge in [-0.25, -0.2) is 0 Å². The Hall–Kier alpha value is 5.78. The molecule has 3 N–H and O–H groups in total. The van der Waals surface area contributed by atoms with Crippen molar-refractivity contribution in [3.8, 4) is 0 Å². The van der Waals surface area contributed by atoms with Gasteiger partial charge in [-0.15, -0.1) is 107 Å². The lowest BCUT2D eigenvalue weighted by molar-refractivity contribution is -0.138. The van der Waals surface area contributed by atoms with Crippen molar-refractivity contribution in [1.82, 2.24) is 9.80 Å². The fourth-order valence-corrected chi connectivity index (χ4v) is 2.76. The van der Waals surface area contributed by atoms with Crippen LogP contribution in [0.2, 0.25) is 0 Å². The number of carbonyl (C=O) groups excluding carboxylic acids is 5. The second kappa shape index (κ2) is 121. The zero-order valence-corrected chi connectivity index (χ0v) is 62.8. The first-order valence-electron chi connectivity index (χ1n) is 15.6. The number of carboxylic acid groups (broad SMARTS) is 1. The molecule has 0 aromatic heterocycles. The van der Waals surface area contributed by atoms with E-state index in [1.165, 1.54) is 92.2 Å². The molecule has 2 amide bonds. The van der Waals surface area contributed by atoms with Crippen molar-refractivity contribution in [3.05, 3.63) is 0 Å². The van der Waals surface area contributed by atoms with Crippen LogP contribution in [0.3, 0.4) is 0 Å². The summed E-state index contributed by atoms with van der Waals surface area (Å²) in [5.74, 6) is -0.972. The summed E-state index contributed by atoms with van der Waals surface area (Å²) in [7, 11) is 49.9. The van der Waals surface area contributed by atoms with Gasteiger partial charge in [0.15, 0.2) is 0 Å². The number of aliphatic carboxylic acids is 1. The minimum absolute atomic E-state index is 0. The number of amides is 2. The van der Waals surface area contributed by atoms with E-state index >= 15 is 0 Å². The van der Waals surface area contributed by atoms with E-state index in [0.717, 1.165) is 37.1 Å². The summed E-state index contributed by atoms with van der Waals surface area (Å²) in [6.07, 6.45) is 0. The van der Waals surface area contributed by atoms with Crippen LogP contribution in [-0.4, -0.2) is 117 Å². The van der Waals surface area contributed by atoms with E-state index in [-0.39, 0.29) is 64.9 Å². The van der Waals surface area contributed by atoms with Gasteiger partial charge in [-0.05, 0) is 41.8 Å². The molecule has 36 heteroatoms. The van der Waals surface area contributed by atoms with Crippen LogP contribution in [0.15, 0.2) is 0 Å². The van der Waals surface area contributed by atoms with E-state index in [4.69, 9.17) is 20.1 Å². The van der Waals surface area contributed by atoms with E-state index in [0.29, 0.717) is 0 Å². The Balaban J connectivity index is -0.0000000264. The van der Waals surface area contributed by atoms with Crippen LogP contribution in [0.25, 0.3) is 0 Å². The number of Topliss-reactive ketones (excluding diaryl/α,β-unsaturated/α-hetero) is 1. The monoisotopic (exact) mass is 1320 g/mol. The average molecular weight is 1320 g/mol. The van der Waals surface area contributed by atoms with Gasteiger partial charge in [-0.1, -0.05) is 51.0 Å². The molecule has 0 heterocycles. The van der Waals surface area contributed by atoms with E-state index in [1.807, 2.05) is 27.7 Å². The molecule has 0 aliphatic carbocycles. The van der Waals surface area contributed by atoms with Gasteiger partial charge in [0.2, 0.25) is 11.8 Å². The first-order valence-corrected chi connectivity index (χ1v) is 49.8. The Labute approximate surface area is 435 Å². The third-order valence-electron chi connectivity index (χ3n) is 2.19. The highest BCUT2D eigenvalue weighted by molar-refractivity contribution is 8.77. The number of aliphatic hydroxyl groups excluding tert-OH is 2. The quantitative estimate of drug-likeness (QED) is 0.175. The van der Waals surface area contributed by atoms with Gasteiger partial charge in [0.1, 0.15) is 5.78 Å². The SMILES string of the molecule is C.CC.CC.CC(=O)N(C)C.CC(=O)N(C)C.CC(=O)O.CC(C)=O.CO.CO.COC(C)=O.COC(C)=O.PP(P)P.PP(P)P.PPP(P)P.PPP(P)P.S=S=S=S=S. The number of hydrogen-bond donors (Lipinski definition) is 3. The standard InChI is InChI=1S/2C4H9NO.2C3H6O2.C3H6O.C2H4O2.2C2H6.2CH4O.CH4.2H7P5.2H6P4.S5/c2*1-4(6)5(2)3;2*1-3(4)5-2;1-3(2)4;1-2(3)4;4*1-2;;2*1-4-5(2)3;2*1-4(2)3;1-3-5-4-2/h2*1-3H3;2*1-2H3;1-2H3;1H3,(H,3,4);2*1-2H3;2*2H,1H3;1H4;2*4H,1-3H2;2*1-3H2;. The molecule has 14 unspecified atom stereocenters. The fraction of sp³-hybridized carbons (Fsp3) is 0.769. The minimum atomic E-state index is -0.833. The number of ketones is 1. The Morgan fingerprint density at radius 2 is 0.613 bits per heavy atom. The van der Waals surface area contributed by atoms with E-state index in [1.54, 1.807) is 28.2 Å². The molecule has 390 valence electrons. The third kappa shape index (κ3) is 488. The smallest absolute Gasteiger partial charge is 0.302 e. The molecule has 0 radical (unpaired) electrons. The van der Waals surface area contributed by atoms with Gasteiger partial charge < -0.3 is 39.4 Å². The second-order valence-electron chi connectivity index (χ2n) is 7.82. The molecule has 0 aromatic rings. The van der Waals surface area contributed by atoms with Crippen molar-refractivity contribution in [2.75, 3.05) is 56.6 Å². The summed E-state index contributed by atoms with van der Waals surface area (Å²) in [6.45, 7) is 18.6. The zero-order chi connectivity index (χ0) is 53.9. The number of carbonyl (C=O) groups is 6. The normalized spacial score (nSPS) is 7.37. The van der Waals surface area contributed by atoms with Crippen molar-refractivity contribution in [1.29, 1.82) is 0 Å². The molecule has 62 heavy (non-hydrogen) atoms. The van der Waals surface area contributed by atoms with Gasteiger partial charge in [0.25, 0.3) is 5.97 Å². The van der Waals surface area contributed by atoms with Crippen LogP contribution < -0.4 is 0 Å². The van der Waals surface area contributed by atoms with Crippen LogP contribution in [0.1, 0.15) is 83.6 Å². The Kier molecular flexibility index (Phi) is 221. The van der Waals surface area contributed by atoms with E-state index in [2.05, 4.69) is 139 Å². The fourth-order valence-electron chi connectivity index (χ4n) is 0.0113. The number of rotatable bonds is 2. The maximum Gasteiger partial charge on any atom is 0.302 e. The van der Waals surface area contributed by atoms with Gasteiger partial charge >= 0.3 is 11.9 Å². The summed E-state index contributed by atoms with van der Waals surface area (Å²) in [5, 5.41) is 21.4. The molecule has 0 aromatic carbocycles. The van der Waals surface area contributed by atoms with E-state index in [9.17, 15) is 24.0 Å². The van der Waals surface area contributed by atoms with Crippen LogP contribution in [0.4, 0.5) is 0 Å². The predicted octanol–water partition coefficient (Wildman–Crippen LogP) is 11.7. The number of hydrogen-bond acceptors (Lipinski definition) is 12. The Bertz CT molecular complexity index is 896. The molecule has 0 fully saturated rings. The largest absolute Gasteiger partial charge is 0.481 e. The maximum absolute atomic E-state index is 10.1. The van der Waals surface area contributed by atoms with Gasteiger partial charge in [0, 0.05) is 126 Å². The first-order chi connectivity index (χ1) is 27.7. The predicted molar refractivity (Wildman–Crippen MR) is 357 cm³/mol. The van der Waals surface area contributed by atoms with Crippen LogP contribution in [0, 0.1) is 0 Å². The van der Waals surface area contributed by atoms with Crippen LogP contribution >= 0.6 is 151 Å². The van der Waals surface area contributed by atoms with Gasteiger partial charge in [0.05, 0.1) is 14.2 Å². The number of ether oxygens (including phenoxy) is 2. The number of aliphatic hydroxyl groups is 2. The number of methoxy groups -OCH3 is 2. The first kappa shape index (κ1) is 113. The molecule has 0 aliphatic heterocycles. The molecule has 14 atom stereocenters. The summed E-state index contributed by atoms with van der Waals surface area (Å²) < 4.78 is 8.22. The Morgan fingerprint density at radius 1 is 0.532 bits per heavy atom. The molecule has 0 spiro atoms. The zero-order valence-electron chi connectivity index (χ0n) is 39.3. The number of esters is 2. The Morgan fingerprint density at radius 3 is 0.613 bits per heavy atom. The van der Waals surface area contributed by atoms with Gasteiger partial charge in [-0.3, -0.25) is 24.0 Å². The average Bonchev–Trinajstić information content (AvgIpc) is 3.15. The molecule has 0 saturated carbocycles. The molecule has 0 aliphatic rings. The summed E-state index contributed by atoms with van der Waals surface area (Å²) in [5.41, 5.74) is 0. The minimum Gasteiger partial charge on any atom is -0.481 e. The van der Waals surface area contributed by atoms with Crippen molar-refractivity contribution >= 4 is 236 Å². The highest BCUT2D eigenvalue weighted by Crippen LogP contribution is 2.72. The molecule has 13 nitrogen and oxygen atoms in total. The molecule has 0 bridgehead atoms. The van der Waals surface area contributed by atoms with E-state index < -0.39 is 5.97 Å². The van der Waals surface area contributed by atoms with Crippen molar-refractivity contribution in [2.24, 2.45) is 0 Å². The summed E-state index contributed by atoms with van der Waals surface area (Å²) in [6, 6.07) is 0. The summed E-state index contributed by atoms with van der Waals surface area (Å²) in [4.78, 5) is 60.8. The topological polar surface area (TPSA) is 188 Å². The van der Waals surface area contributed by atoms with Gasteiger partial charge in [-0.2, -0.15) is 0 Å². The molecule has 0 rings (SSSR count). The maximum atomic E-state index is 10.1. The van der Waals surface area contributed by atoms with Crippen LogP contribution in [-0.2, 0) is 87.3 Å².